The minimum absolute atomic E-state index is 0.00746. The van der Waals surface area contributed by atoms with E-state index in [9.17, 15) is 4.79 Å². The number of thiocarbonyl (C=S) groups is 1. The van der Waals surface area contributed by atoms with Crippen molar-refractivity contribution in [2.24, 2.45) is 5.73 Å². The van der Waals surface area contributed by atoms with E-state index in [1.165, 1.54) is 13.3 Å². The quantitative estimate of drug-likeness (QED) is 0.555. The van der Waals surface area contributed by atoms with Gasteiger partial charge in [0.1, 0.15) is 0 Å². The first kappa shape index (κ1) is 16.7. The number of nitrogens with two attached hydrogens (primary N) is 1. The summed E-state index contributed by atoms with van der Waals surface area (Å²) in [6.45, 7) is 5.05. The molecular weight excluding hydrogens is 280 g/mol. The molecule has 1 aliphatic heterocycles. The van der Waals surface area contributed by atoms with E-state index in [-0.39, 0.29) is 16.8 Å². The number of hydrogen-bond donors (Lipinski definition) is 2. The molecule has 3 N–H and O–H groups in total. The third-order valence-corrected chi connectivity index (χ3v) is 5.67. The summed E-state index contributed by atoms with van der Waals surface area (Å²) in [7, 11) is 0. The van der Waals surface area contributed by atoms with E-state index in [0.717, 1.165) is 31.6 Å². The van der Waals surface area contributed by atoms with Gasteiger partial charge in [-0.25, -0.2) is 0 Å². The molecule has 0 spiro atoms. The second-order valence-corrected chi connectivity index (χ2v) is 6.66. The molecule has 1 heterocycles. The molecule has 0 aromatic rings. The van der Waals surface area contributed by atoms with Crippen molar-refractivity contribution < 1.29 is 9.53 Å². The third kappa shape index (κ3) is 4.61. The summed E-state index contributed by atoms with van der Waals surface area (Å²) in [5.41, 5.74) is 6.00. The Balaban J connectivity index is 2.63. The minimum Gasteiger partial charge on any atom is -0.392 e. The van der Waals surface area contributed by atoms with E-state index in [1.54, 1.807) is 11.8 Å². The van der Waals surface area contributed by atoms with Gasteiger partial charge in [-0.1, -0.05) is 19.1 Å². The maximum absolute atomic E-state index is 10.9. The fourth-order valence-electron chi connectivity index (χ4n) is 2.40. The minimum atomic E-state index is -0.297. The van der Waals surface area contributed by atoms with Crippen LogP contribution in [0.2, 0.25) is 0 Å². The molecule has 0 aromatic carbocycles. The Labute approximate surface area is 125 Å². The van der Waals surface area contributed by atoms with E-state index in [2.05, 4.69) is 12.2 Å². The summed E-state index contributed by atoms with van der Waals surface area (Å²) in [4.78, 5) is 11.4. The molecule has 1 saturated heterocycles. The molecule has 6 heteroatoms. The van der Waals surface area contributed by atoms with Gasteiger partial charge in [0.2, 0.25) is 5.91 Å². The van der Waals surface area contributed by atoms with Crippen LogP contribution in [0.1, 0.15) is 39.5 Å². The molecule has 2 atom stereocenters. The maximum atomic E-state index is 10.9. The van der Waals surface area contributed by atoms with Crippen molar-refractivity contribution in [3.63, 3.8) is 0 Å². The topological polar surface area (TPSA) is 64.4 Å². The number of ether oxygens (including phenoxy) is 1. The van der Waals surface area contributed by atoms with Gasteiger partial charge in [-0.3, -0.25) is 4.79 Å². The van der Waals surface area contributed by atoms with Crippen LogP contribution in [0.3, 0.4) is 0 Å². The van der Waals surface area contributed by atoms with Gasteiger partial charge in [-0.05, 0) is 25.7 Å². The molecule has 1 aliphatic rings. The van der Waals surface area contributed by atoms with Crippen LogP contribution in [0.25, 0.3) is 0 Å². The Morgan fingerprint density at radius 2 is 2.32 bits per heavy atom. The number of thioether (sulfide) groups is 1. The molecule has 0 saturated carbocycles. The van der Waals surface area contributed by atoms with Gasteiger partial charge in [0.15, 0.2) is 0 Å². The Morgan fingerprint density at radius 3 is 2.79 bits per heavy atom. The number of rotatable bonds is 7. The average Bonchev–Trinajstić information content (AvgIpc) is 2.39. The van der Waals surface area contributed by atoms with Crippen LogP contribution in [0.15, 0.2) is 0 Å². The van der Waals surface area contributed by atoms with Gasteiger partial charge >= 0.3 is 0 Å². The molecule has 1 rings (SSSR count). The van der Waals surface area contributed by atoms with Crippen LogP contribution in [-0.4, -0.2) is 40.7 Å². The molecular formula is C13H24N2O2S2. The highest BCUT2D eigenvalue weighted by Gasteiger charge is 2.42. The number of amides is 1. The number of nitrogens with one attached hydrogen (secondary N) is 1. The summed E-state index contributed by atoms with van der Waals surface area (Å²) < 4.78 is 5.60. The molecule has 1 amide bonds. The summed E-state index contributed by atoms with van der Waals surface area (Å²) in [5.74, 6) is 0.789. The molecule has 19 heavy (non-hydrogen) atoms. The monoisotopic (exact) mass is 304 g/mol. The first-order valence-electron chi connectivity index (χ1n) is 6.83. The molecule has 0 bridgehead atoms. The Morgan fingerprint density at radius 1 is 1.58 bits per heavy atom. The highest BCUT2D eigenvalue weighted by atomic mass is 32.2. The van der Waals surface area contributed by atoms with Crippen LogP contribution in [0.4, 0.5) is 0 Å². The Bertz CT molecular complexity index is 320. The van der Waals surface area contributed by atoms with Crippen molar-refractivity contribution in [2.75, 3.05) is 18.9 Å². The standard InChI is InChI=1S/C13H24N2O2S2/c1-3-13(12(14)18,11-6-4-5-8-17-11)19-9-7-15-10(2)16/h11H,3-9H2,1-2H3,(H2,14,18)(H,15,16). The van der Waals surface area contributed by atoms with Crippen molar-refractivity contribution >= 4 is 34.9 Å². The predicted octanol–water partition coefficient (Wildman–Crippen LogP) is 1.86. The average molecular weight is 304 g/mol. The number of carbonyl (C=O) groups excluding carboxylic acids is 1. The fourth-order valence-corrected chi connectivity index (χ4v) is 4.13. The van der Waals surface area contributed by atoms with Crippen LogP contribution in [0.5, 0.6) is 0 Å². The normalized spacial score (nSPS) is 22.5. The van der Waals surface area contributed by atoms with Crippen LogP contribution >= 0.6 is 24.0 Å². The van der Waals surface area contributed by atoms with Crippen molar-refractivity contribution in [1.29, 1.82) is 0 Å². The summed E-state index contributed by atoms with van der Waals surface area (Å²) in [6.07, 6.45) is 4.26. The second-order valence-electron chi connectivity index (χ2n) is 4.79. The third-order valence-electron chi connectivity index (χ3n) is 3.48. The van der Waals surface area contributed by atoms with Gasteiger partial charge in [0.25, 0.3) is 0 Å². The second kappa shape index (κ2) is 8.07. The Hall–Kier alpha value is -0.330. The lowest BCUT2D eigenvalue weighted by Gasteiger charge is -2.40. The smallest absolute Gasteiger partial charge is 0.216 e. The van der Waals surface area contributed by atoms with Gasteiger partial charge in [0, 0.05) is 25.8 Å². The van der Waals surface area contributed by atoms with E-state index < -0.39 is 0 Å². The van der Waals surface area contributed by atoms with Gasteiger partial charge in [-0.15, -0.1) is 11.8 Å². The molecule has 0 radical (unpaired) electrons. The molecule has 0 aliphatic carbocycles. The first-order valence-corrected chi connectivity index (χ1v) is 8.22. The SMILES string of the molecule is CCC(SCCNC(C)=O)(C(N)=S)C1CCCCO1. The van der Waals surface area contributed by atoms with Gasteiger partial charge < -0.3 is 15.8 Å². The van der Waals surface area contributed by atoms with Gasteiger partial charge in [-0.2, -0.15) is 0 Å². The molecule has 2 unspecified atom stereocenters. The van der Waals surface area contributed by atoms with E-state index >= 15 is 0 Å². The number of hydrogen-bond acceptors (Lipinski definition) is 4. The van der Waals surface area contributed by atoms with Gasteiger partial charge in [0.05, 0.1) is 15.8 Å². The maximum Gasteiger partial charge on any atom is 0.216 e. The Kier molecular flexibility index (Phi) is 7.10. The highest BCUT2D eigenvalue weighted by molar-refractivity contribution is 8.02. The summed E-state index contributed by atoms with van der Waals surface area (Å²) in [5, 5.41) is 2.80. The van der Waals surface area contributed by atoms with E-state index in [4.69, 9.17) is 22.7 Å². The van der Waals surface area contributed by atoms with Crippen molar-refractivity contribution in [3.05, 3.63) is 0 Å². The van der Waals surface area contributed by atoms with Crippen molar-refractivity contribution in [3.8, 4) is 0 Å². The zero-order valence-electron chi connectivity index (χ0n) is 11.7. The number of carbonyl (C=O) groups is 1. The van der Waals surface area contributed by atoms with Crippen LogP contribution in [-0.2, 0) is 9.53 Å². The molecule has 110 valence electrons. The zero-order chi connectivity index (χ0) is 14.3. The van der Waals surface area contributed by atoms with Crippen molar-refractivity contribution in [1.82, 2.24) is 5.32 Å². The zero-order valence-corrected chi connectivity index (χ0v) is 13.4. The van der Waals surface area contributed by atoms with Crippen molar-refractivity contribution in [2.45, 2.75) is 50.4 Å². The lowest BCUT2D eigenvalue weighted by Crippen LogP contribution is -2.51. The van der Waals surface area contributed by atoms with E-state index in [1.807, 2.05) is 0 Å². The fraction of sp³-hybridized carbons (Fsp3) is 0.846. The lowest BCUT2D eigenvalue weighted by atomic mass is 9.92. The lowest BCUT2D eigenvalue weighted by molar-refractivity contribution is -0.118. The largest absolute Gasteiger partial charge is 0.392 e. The molecule has 0 aromatic heterocycles. The highest BCUT2D eigenvalue weighted by Crippen LogP contribution is 2.38. The van der Waals surface area contributed by atoms with Crippen LogP contribution in [0, 0.1) is 0 Å². The first-order chi connectivity index (χ1) is 9.03. The summed E-state index contributed by atoms with van der Waals surface area (Å²) in [6, 6.07) is 0. The van der Waals surface area contributed by atoms with Crippen LogP contribution < -0.4 is 11.1 Å². The predicted molar refractivity (Wildman–Crippen MR) is 84.5 cm³/mol. The molecule has 1 fully saturated rings. The summed E-state index contributed by atoms with van der Waals surface area (Å²) >= 11 is 7.02. The van der Waals surface area contributed by atoms with E-state index in [0.29, 0.717) is 11.5 Å². The molecule has 4 nitrogen and oxygen atoms in total.